The van der Waals surface area contributed by atoms with E-state index in [1.54, 1.807) is 10.7 Å². The highest BCUT2D eigenvalue weighted by Crippen LogP contribution is 2.39. The highest BCUT2D eigenvalue weighted by molar-refractivity contribution is 6.32. The van der Waals surface area contributed by atoms with Crippen molar-refractivity contribution < 1.29 is 4.74 Å². The summed E-state index contributed by atoms with van der Waals surface area (Å²) in [6.07, 6.45) is 1.43. The molecule has 0 amide bonds. The number of hydrogen-bond acceptors (Lipinski definition) is 7. The Morgan fingerprint density at radius 2 is 2.14 bits per heavy atom. The minimum absolute atomic E-state index is 0. The number of nitrogens with zero attached hydrogens (tertiary/aromatic N) is 5. The molecule has 0 radical (unpaired) electrons. The Kier molecular flexibility index (Phi) is 7.14. The van der Waals surface area contributed by atoms with Gasteiger partial charge >= 0.3 is 0 Å². The topological polar surface area (TPSA) is 115 Å². The van der Waals surface area contributed by atoms with Gasteiger partial charge in [0.2, 0.25) is 0 Å². The molecule has 1 unspecified atom stereocenters. The lowest BCUT2D eigenvalue weighted by Gasteiger charge is -2.20. The van der Waals surface area contributed by atoms with Crippen molar-refractivity contribution in [1.29, 1.82) is 5.26 Å². The molecule has 1 aliphatic rings. The number of nitrogens with two attached hydrogens (primary N) is 1. The Bertz CT molecular complexity index is 1090. The average Bonchev–Trinajstić information content (AvgIpc) is 2.83. The maximum absolute atomic E-state index is 9.52. The monoisotopic (exact) mass is 455 g/mol. The molecule has 0 saturated carbocycles. The lowest BCUT2D eigenvalue weighted by molar-refractivity contribution is 0.319. The van der Waals surface area contributed by atoms with Crippen molar-refractivity contribution in [3.05, 3.63) is 39.8 Å². The molecule has 0 fully saturated rings. The van der Waals surface area contributed by atoms with E-state index in [-0.39, 0.29) is 30.9 Å². The van der Waals surface area contributed by atoms with Crippen LogP contribution in [0, 0.1) is 18.3 Å². The van der Waals surface area contributed by atoms with E-state index in [0.29, 0.717) is 47.5 Å². The minimum Gasteiger partial charge on any atom is -0.492 e. The number of hydrogen-bond donors (Lipinski definition) is 2. The second kappa shape index (κ2) is 9.01. The van der Waals surface area contributed by atoms with Gasteiger partial charge in [-0.2, -0.15) is 10.4 Å². The number of nitriles is 1. The molecule has 3 N–H and O–H groups in total. The van der Waals surface area contributed by atoms with Crippen LogP contribution in [-0.4, -0.2) is 32.9 Å². The van der Waals surface area contributed by atoms with Gasteiger partial charge in [0.05, 0.1) is 27.7 Å². The lowest BCUT2D eigenvalue weighted by Crippen LogP contribution is -2.16. The molecular formula is C18H20Cl3N7O. The van der Waals surface area contributed by atoms with E-state index in [1.807, 2.05) is 13.8 Å². The summed E-state index contributed by atoms with van der Waals surface area (Å²) in [5, 5.41) is 18.5. The standard InChI is InChI=1S/C18H18ClN7O.2ClH/c1-9-15-17(21)23-8-24-18(15)26(25-9)10(2)11-5-14(19)12(6-20)13-7-22-3-4-27-16(11)13;;/h5,8,10,22H,3-4,7H2,1-2H3,(H2,21,23,24);2*1H. The van der Waals surface area contributed by atoms with Crippen molar-refractivity contribution in [2.45, 2.75) is 26.4 Å². The van der Waals surface area contributed by atoms with Crippen LogP contribution in [0.1, 0.15) is 35.3 Å². The molecule has 3 aromatic rings. The predicted octanol–water partition coefficient (Wildman–Crippen LogP) is 3.18. The zero-order chi connectivity index (χ0) is 19.1. The molecule has 11 heteroatoms. The van der Waals surface area contributed by atoms with E-state index >= 15 is 0 Å². The molecule has 3 heterocycles. The summed E-state index contributed by atoms with van der Waals surface area (Å²) in [6.45, 7) is 5.58. The van der Waals surface area contributed by atoms with E-state index in [9.17, 15) is 5.26 Å². The predicted molar refractivity (Wildman–Crippen MR) is 116 cm³/mol. The third-order valence-corrected chi connectivity index (χ3v) is 5.11. The van der Waals surface area contributed by atoms with Crippen molar-refractivity contribution in [1.82, 2.24) is 25.1 Å². The van der Waals surface area contributed by atoms with Crippen LogP contribution in [-0.2, 0) is 6.54 Å². The molecular weight excluding hydrogens is 437 g/mol. The number of aryl methyl sites for hydroxylation is 1. The van der Waals surface area contributed by atoms with Crippen LogP contribution < -0.4 is 15.8 Å². The molecule has 4 rings (SSSR count). The first-order valence-corrected chi connectivity index (χ1v) is 8.95. The normalized spacial score (nSPS) is 13.9. The summed E-state index contributed by atoms with van der Waals surface area (Å²) in [5.74, 6) is 1.07. The van der Waals surface area contributed by atoms with E-state index in [0.717, 1.165) is 22.2 Å². The first-order valence-electron chi connectivity index (χ1n) is 8.57. The van der Waals surface area contributed by atoms with Crippen molar-refractivity contribution in [2.24, 2.45) is 0 Å². The van der Waals surface area contributed by atoms with Crippen molar-refractivity contribution in [3.63, 3.8) is 0 Å². The Morgan fingerprint density at radius 3 is 2.86 bits per heavy atom. The summed E-state index contributed by atoms with van der Waals surface area (Å²) < 4.78 is 7.79. The molecule has 0 bridgehead atoms. The molecule has 1 aromatic carbocycles. The second-order valence-electron chi connectivity index (χ2n) is 6.43. The number of aromatic nitrogens is 4. The summed E-state index contributed by atoms with van der Waals surface area (Å²) in [6, 6.07) is 3.74. The molecule has 0 spiro atoms. The van der Waals surface area contributed by atoms with Gasteiger partial charge in [0.1, 0.15) is 30.6 Å². The Morgan fingerprint density at radius 1 is 1.38 bits per heavy atom. The van der Waals surface area contributed by atoms with E-state index in [1.165, 1.54) is 6.33 Å². The third kappa shape index (κ3) is 3.79. The number of anilines is 1. The largest absolute Gasteiger partial charge is 0.492 e. The number of nitrogen functional groups attached to an aromatic ring is 1. The zero-order valence-electron chi connectivity index (χ0n) is 15.8. The quantitative estimate of drug-likeness (QED) is 0.608. The van der Waals surface area contributed by atoms with Crippen molar-refractivity contribution in [3.8, 4) is 11.8 Å². The fourth-order valence-electron chi connectivity index (χ4n) is 3.49. The third-order valence-electron chi connectivity index (χ3n) is 4.81. The minimum atomic E-state index is -0.229. The number of benzene rings is 1. The molecule has 8 nitrogen and oxygen atoms in total. The van der Waals surface area contributed by atoms with Gasteiger partial charge in [-0.1, -0.05) is 11.6 Å². The van der Waals surface area contributed by atoms with Crippen molar-refractivity contribution in [2.75, 3.05) is 18.9 Å². The van der Waals surface area contributed by atoms with Gasteiger partial charge in [-0.3, -0.25) is 0 Å². The highest BCUT2D eigenvalue weighted by Gasteiger charge is 2.26. The van der Waals surface area contributed by atoms with Gasteiger partial charge in [-0.25, -0.2) is 14.6 Å². The number of rotatable bonds is 2. The van der Waals surface area contributed by atoms with Crippen LogP contribution in [0.2, 0.25) is 5.02 Å². The first-order chi connectivity index (χ1) is 13.0. The molecule has 29 heavy (non-hydrogen) atoms. The van der Waals surface area contributed by atoms with Gasteiger partial charge in [0, 0.05) is 24.2 Å². The van der Waals surface area contributed by atoms with Crippen LogP contribution in [0.15, 0.2) is 12.4 Å². The van der Waals surface area contributed by atoms with Gasteiger partial charge in [0.15, 0.2) is 5.65 Å². The summed E-state index contributed by atoms with van der Waals surface area (Å²) in [4.78, 5) is 8.42. The maximum atomic E-state index is 9.52. The summed E-state index contributed by atoms with van der Waals surface area (Å²) in [7, 11) is 0. The molecule has 0 aliphatic carbocycles. The van der Waals surface area contributed by atoms with Crippen LogP contribution in [0.25, 0.3) is 11.0 Å². The number of nitrogens with one attached hydrogen (secondary N) is 1. The van der Waals surface area contributed by atoms with Crippen LogP contribution in [0.3, 0.4) is 0 Å². The van der Waals surface area contributed by atoms with Gasteiger partial charge in [-0.15, -0.1) is 24.8 Å². The second-order valence-corrected chi connectivity index (χ2v) is 6.84. The van der Waals surface area contributed by atoms with Crippen LogP contribution in [0.5, 0.6) is 5.75 Å². The molecule has 1 atom stereocenters. The lowest BCUT2D eigenvalue weighted by atomic mass is 9.98. The highest BCUT2D eigenvalue weighted by atomic mass is 35.5. The van der Waals surface area contributed by atoms with Crippen LogP contribution in [0.4, 0.5) is 5.82 Å². The zero-order valence-corrected chi connectivity index (χ0v) is 18.2. The smallest absolute Gasteiger partial charge is 0.164 e. The van der Waals surface area contributed by atoms with E-state index in [4.69, 9.17) is 22.1 Å². The fourth-order valence-corrected chi connectivity index (χ4v) is 3.76. The Balaban J connectivity index is 0.00000150. The van der Waals surface area contributed by atoms with Gasteiger partial charge in [-0.05, 0) is 19.9 Å². The van der Waals surface area contributed by atoms with Crippen molar-refractivity contribution >= 4 is 53.3 Å². The summed E-state index contributed by atoms with van der Waals surface area (Å²) in [5.41, 5.74) is 9.46. The summed E-state index contributed by atoms with van der Waals surface area (Å²) >= 11 is 6.42. The maximum Gasteiger partial charge on any atom is 0.164 e. The van der Waals surface area contributed by atoms with Crippen LogP contribution >= 0.6 is 36.4 Å². The Hall–Kier alpha value is -2.31. The molecule has 2 aromatic heterocycles. The average molecular weight is 457 g/mol. The number of ether oxygens (including phenoxy) is 1. The molecule has 0 saturated heterocycles. The number of fused-ring (bicyclic) bond motifs is 2. The van der Waals surface area contributed by atoms with Gasteiger partial charge < -0.3 is 15.8 Å². The molecule has 1 aliphatic heterocycles. The molecule has 154 valence electrons. The van der Waals surface area contributed by atoms with Gasteiger partial charge in [0.25, 0.3) is 0 Å². The fraction of sp³-hybridized carbons (Fsp3) is 0.333. The van der Waals surface area contributed by atoms with E-state index in [2.05, 4.69) is 26.5 Å². The first kappa shape index (κ1) is 23.0. The Labute approximate surface area is 185 Å². The number of halogens is 3. The SMILES string of the molecule is Cc1nn(C(C)c2cc(Cl)c(C#N)c3c2OCCNC3)c2ncnc(N)c12.Cl.Cl. The van der Waals surface area contributed by atoms with E-state index < -0.39 is 0 Å².